The fourth-order valence-corrected chi connectivity index (χ4v) is 18.1. The quantitative estimate of drug-likeness (QED) is 0.0502. The summed E-state index contributed by atoms with van der Waals surface area (Å²) in [5, 5.41) is 65.8. The van der Waals surface area contributed by atoms with Crippen LogP contribution in [-0.2, 0) is 14.4 Å². The Morgan fingerprint density at radius 1 is 0.938 bits per heavy atom. The third-order valence-electron chi connectivity index (χ3n) is 20.2. The molecule has 344 valence electrons. The zero-order valence-electron chi connectivity index (χ0n) is 38.2. The highest BCUT2D eigenvalue weighted by Crippen LogP contribution is 2.87. The number of guanidine groups is 1. The van der Waals surface area contributed by atoms with Crippen molar-refractivity contribution in [1.29, 1.82) is 0 Å². The third-order valence-corrected chi connectivity index (χ3v) is 20.2. The lowest BCUT2D eigenvalue weighted by molar-refractivity contribution is -0.183. The minimum atomic E-state index is -2.24. The normalized spacial score (nSPS) is 44.4. The number of carbonyl (C=O) groups is 3. The van der Waals surface area contributed by atoms with Crippen molar-refractivity contribution in [1.82, 2.24) is 0 Å². The molecule has 0 heterocycles. The smallest absolute Gasteiger partial charge is 0.334 e. The third kappa shape index (κ3) is 4.88. The van der Waals surface area contributed by atoms with Gasteiger partial charge in [-0.2, -0.15) is 0 Å². The number of ketones is 2. The van der Waals surface area contributed by atoms with E-state index in [0.29, 0.717) is 80.1 Å². The molecule has 11 heteroatoms. The maximum Gasteiger partial charge on any atom is 0.334 e. The van der Waals surface area contributed by atoms with Gasteiger partial charge in [0.05, 0.1) is 5.57 Å². The maximum atomic E-state index is 16.8. The molecular formula is C54H65N3O8. The lowest BCUT2D eigenvalue weighted by atomic mass is 9.32. The topological polar surface area (TPSA) is 217 Å². The van der Waals surface area contributed by atoms with Crippen LogP contribution in [0.15, 0.2) is 98.3 Å². The van der Waals surface area contributed by atoms with E-state index in [1.807, 2.05) is 56.3 Å². The summed E-state index contributed by atoms with van der Waals surface area (Å²) in [6, 6.07) is 10.0. The molecule has 4 saturated carbocycles. The summed E-state index contributed by atoms with van der Waals surface area (Å²) >= 11 is 0. The van der Waals surface area contributed by atoms with E-state index in [9.17, 15) is 35.1 Å². The average Bonchev–Trinajstić information content (AvgIpc) is 3.72. The molecule has 13 unspecified atom stereocenters. The zero-order valence-corrected chi connectivity index (χ0v) is 38.2. The summed E-state index contributed by atoms with van der Waals surface area (Å²) in [5.41, 5.74) is 7.41. The number of allylic oxidation sites excluding steroid dienone is 3. The number of nitrogens with two attached hydrogens (primary N) is 2. The van der Waals surface area contributed by atoms with Crippen LogP contribution < -0.4 is 11.5 Å². The number of carboxylic acid groups (broad SMARTS) is 1. The van der Waals surface area contributed by atoms with Gasteiger partial charge in [0.1, 0.15) is 22.7 Å². The molecular weight excluding hydrogens is 819 g/mol. The first kappa shape index (κ1) is 43.0. The number of aliphatic imine (C=N–C) groups is 1. The molecule has 4 bridgehead atoms. The van der Waals surface area contributed by atoms with Gasteiger partial charge in [0, 0.05) is 58.5 Å². The zero-order chi connectivity index (χ0) is 46.0. The standard InChI is InChI=1S/C54H65N3O8/c1-28(46(61)62)45(60)53(64)33-20-18-30-25-31-26-52(63)35(19-17-29-13-7-5-8-14-29)43-48(2,3)37(58)21-24-50(43)22-11-6-12-23-51-34-16-10-9-15-32(36(53)27-57-47(55)56)39(51)40(38(30)33)54(31,65)49(51,4)44(52)41(50)42(34)59/h5,7-8,13-14,17,19-20,26,32,34-36,39-40,43,60,63-65H,6,9-12,15-16,18,21-25,27H2,1-4H3,(H,61,62)(H4,55,56,57). The van der Waals surface area contributed by atoms with E-state index in [1.54, 1.807) is 0 Å². The Morgan fingerprint density at radius 3 is 2.38 bits per heavy atom. The number of hydrogen-bond acceptors (Lipinski definition) is 8. The number of Topliss-reactive ketones (excluding diaryl/α,β-unsaturated/α-hetero) is 2. The van der Waals surface area contributed by atoms with Gasteiger partial charge in [-0.25, -0.2) is 4.79 Å². The van der Waals surface area contributed by atoms with Gasteiger partial charge in [-0.3, -0.25) is 14.6 Å². The number of carboxylic acids is 1. The van der Waals surface area contributed by atoms with Crippen LogP contribution in [0.3, 0.4) is 0 Å². The first-order chi connectivity index (χ1) is 30.8. The molecule has 0 aromatic heterocycles. The lowest BCUT2D eigenvalue weighted by Crippen LogP contribution is -2.73. The fourth-order valence-electron chi connectivity index (χ4n) is 18.1. The van der Waals surface area contributed by atoms with Crippen LogP contribution in [0, 0.1) is 63.1 Å². The van der Waals surface area contributed by atoms with Crippen LogP contribution in [0.4, 0.5) is 0 Å². The van der Waals surface area contributed by atoms with Crippen LogP contribution in [0.25, 0.3) is 6.08 Å². The van der Waals surface area contributed by atoms with Crippen molar-refractivity contribution in [2.75, 3.05) is 6.54 Å². The van der Waals surface area contributed by atoms with E-state index in [4.69, 9.17) is 11.5 Å². The van der Waals surface area contributed by atoms with Crippen LogP contribution in [0.1, 0.15) is 117 Å². The molecule has 1 aromatic rings. The van der Waals surface area contributed by atoms with Gasteiger partial charge in [-0.1, -0.05) is 107 Å². The molecule has 65 heavy (non-hydrogen) atoms. The van der Waals surface area contributed by atoms with Crippen molar-refractivity contribution in [3.05, 3.63) is 98.9 Å². The molecule has 10 aliphatic carbocycles. The van der Waals surface area contributed by atoms with E-state index < -0.39 is 91.6 Å². The summed E-state index contributed by atoms with van der Waals surface area (Å²) in [6.07, 6.45) is 15.8. The number of nitrogens with zero attached hydrogens (tertiary/aromatic N) is 1. The minimum Gasteiger partial charge on any atom is -0.508 e. The van der Waals surface area contributed by atoms with Crippen molar-refractivity contribution in [3.8, 4) is 0 Å². The van der Waals surface area contributed by atoms with Crippen molar-refractivity contribution in [3.63, 3.8) is 0 Å². The van der Waals surface area contributed by atoms with Crippen LogP contribution in [0.5, 0.6) is 0 Å². The van der Waals surface area contributed by atoms with Crippen LogP contribution in [0.2, 0.25) is 0 Å². The summed E-state index contributed by atoms with van der Waals surface area (Å²) in [4.78, 5) is 48.5. The number of hydrogen-bond donors (Lipinski definition) is 7. The number of aliphatic hydroxyl groups is 4. The van der Waals surface area contributed by atoms with Gasteiger partial charge in [0.15, 0.2) is 17.3 Å². The first-order valence-electron chi connectivity index (χ1n) is 24.4. The predicted molar refractivity (Wildman–Crippen MR) is 245 cm³/mol. The van der Waals surface area contributed by atoms with Gasteiger partial charge in [0.2, 0.25) is 0 Å². The Morgan fingerprint density at radius 2 is 1.66 bits per heavy atom. The molecule has 13 atom stereocenters. The Bertz CT molecular complexity index is 2580. The highest BCUT2D eigenvalue weighted by molar-refractivity contribution is 6.04. The Balaban J connectivity index is 1.30. The second-order valence-electron chi connectivity index (χ2n) is 22.6. The van der Waals surface area contributed by atoms with E-state index in [1.165, 1.54) is 6.92 Å². The Kier molecular flexibility index (Phi) is 9.10. The first-order valence-corrected chi connectivity index (χ1v) is 24.4. The molecule has 0 radical (unpaired) electrons. The molecule has 0 amide bonds. The molecule has 2 spiro atoms. The highest BCUT2D eigenvalue weighted by Gasteiger charge is 2.87. The van der Waals surface area contributed by atoms with Gasteiger partial charge in [-0.15, -0.1) is 0 Å². The summed E-state index contributed by atoms with van der Waals surface area (Å²) in [6.45, 7) is 7.43. The molecule has 0 saturated heterocycles. The summed E-state index contributed by atoms with van der Waals surface area (Å²) in [7, 11) is 0. The van der Waals surface area contributed by atoms with Gasteiger partial charge >= 0.3 is 5.97 Å². The van der Waals surface area contributed by atoms with Crippen LogP contribution in [-0.4, -0.2) is 72.4 Å². The van der Waals surface area contributed by atoms with Gasteiger partial charge in [0.25, 0.3) is 0 Å². The molecule has 11 rings (SSSR count). The number of aliphatic hydroxyl groups excluding tert-OH is 1. The SMILES string of the molecule is CC(C(=O)O)=C(O)C1(O)C2=CCC3=C2C2C4C(CCCCC5C(=O)C6=C7C8(O)C=C(C3)C2(O)C7(C)C54CCCCCC62CCC(=O)C(C)(C)C2C8C=Cc2ccccc2)C1CN=C(N)N. The van der Waals surface area contributed by atoms with Crippen molar-refractivity contribution in [2.24, 2.45) is 79.5 Å². The molecule has 11 nitrogen and oxygen atoms in total. The number of benzene rings is 1. The van der Waals surface area contributed by atoms with E-state index >= 15 is 4.79 Å². The molecule has 9 N–H and O–H groups in total. The highest BCUT2D eigenvalue weighted by atomic mass is 16.4. The molecule has 10 aliphatic rings. The van der Waals surface area contributed by atoms with E-state index in [-0.39, 0.29) is 36.1 Å². The number of aliphatic carboxylic acids is 1. The van der Waals surface area contributed by atoms with E-state index in [0.717, 1.165) is 36.0 Å². The summed E-state index contributed by atoms with van der Waals surface area (Å²) < 4.78 is 0. The average molecular weight is 884 g/mol. The molecule has 1 aromatic carbocycles. The maximum absolute atomic E-state index is 16.8. The fraction of sp³-hybridized carbons (Fsp3) is 0.593. The van der Waals surface area contributed by atoms with Gasteiger partial charge in [-0.05, 0) is 109 Å². The number of carbonyl (C=O) groups excluding carboxylic acids is 2. The lowest BCUT2D eigenvalue weighted by Gasteiger charge is -2.72. The van der Waals surface area contributed by atoms with Crippen molar-refractivity contribution < 1.29 is 39.9 Å². The molecule has 0 aliphatic heterocycles. The van der Waals surface area contributed by atoms with E-state index in [2.05, 4.69) is 24.1 Å². The summed E-state index contributed by atoms with van der Waals surface area (Å²) in [5.74, 6) is -6.25. The largest absolute Gasteiger partial charge is 0.508 e. The van der Waals surface area contributed by atoms with Crippen molar-refractivity contribution in [2.45, 2.75) is 128 Å². The van der Waals surface area contributed by atoms with Crippen molar-refractivity contribution >= 4 is 29.6 Å². The Labute approximate surface area is 381 Å². The Hall–Kier alpha value is -4.58. The molecule has 4 fully saturated rings. The monoisotopic (exact) mass is 883 g/mol. The number of rotatable bonds is 6. The second kappa shape index (κ2) is 13.8. The minimum absolute atomic E-state index is 0.0410. The second-order valence-corrected chi connectivity index (χ2v) is 22.6. The van der Waals surface area contributed by atoms with Crippen LogP contribution >= 0.6 is 0 Å². The van der Waals surface area contributed by atoms with Gasteiger partial charge < -0.3 is 37.0 Å². The predicted octanol–water partition coefficient (Wildman–Crippen LogP) is 7.19.